The molecule has 19 heavy (non-hydrogen) atoms. The lowest BCUT2D eigenvalue weighted by Crippen LogP contribution is -2.13. The summed E-state index contributed by atoms with van der Waals surface area (Å²) in [6, 6.07) is 8.06. The van der Waals surface area contributed by atoms with Crippen molar-refractivity contribution in [3.05, 3.63) is 29.8 Å². The van der Waals surface area contributed by atoms with Gasteiger partial charge in [-0.2, -0.15) is 0 Å². The zero-order chi connectivity index (χ0) is 13.8. The molecule has 1 N–H and O–H groups in total. The molecule has 0 unspecified atom stereocenters. The van der Waals surface area contributed by atoms with Gasteiger partial charge in [-0.05, 0) is 17.7 Å². The first kappa shape index (κ1) is 16.2. The molecule has 0 radical (unpaired) electrons. The van der Waals surface area contributed by atoms with Crippen LogP contribution in [0.4, 0.5) is 5.69 Å². The quantitative estimate of drug-likeness (QED) is 0.501. The Morgan fingerprint density at radius 1 is 1.05 bits per heavy atom. The van der Waals surface area contributed by atoms with Crippen LogP contribution in [0.5, 0.6) is 0 Å². The van der Waals surface area contributed by atoms with Gasteiger partial charge in [0.2, 0.25) is 0 Å². The van der Waals surface area contributed by atoms with E-state index in [4.69, 9.17) is 25.8 Å². The van der Waals surface area contributed by atoms with Gasteiger partial charge in [0.05, 0.1) is 33.0 Å². The van der Waals surface area contributed by atoms with Crippen molar-refractivity contribution in [1.29, 1.82) is 0 Å². The Hall–Kier alpha value is -0.810. The van der Waals surface area contributed by atoms with Crippen molar-refractivity contribution in [1.82, 2.24) is 0 Å². The molecule has 0 atom stereocenters. The Kier molecular flexibility index (Phi) is 9.45. The molecule has 0 aromatic heterocycles. The van der Waals surface area contributed by atoms with Crippen molar-refractivity contribution < 1.29 is 14.2 Å². The molecule has 0 aliphatic heterocycles. The SMILES string of the molecule is COCCOCCOCCNc1cccc(CCl)c1. The van der Waals surface area contributed by atoms with Crippen LogP contribution in [0.3, 0.4) is 0 Å². The van der Waals surface area contributed by atoms with Crippen molar-refractivity contribution in [2.24, 2.45) is 0 Å². The van der Waals surface area contributed by atoms with Gasteiger partial charge < -0.3 is 19.5 Å². The van der Waals surface area contributed by atoms with Crippen LogP contribution in [-0.4, -0.2) is 46.7 Å². The molecule has 0 saturated carbocycles. The highest BCUT2D eigenvalue weighted by Gasteiger charge is 1.95. The van der Waals surface area contributed by atoms with Gasteiger partial charge in [0.15, 0.2) is 0 Å². The number of benzene rings is 1. The molecule has 0 aliphatic carbocycles. The van der Waals surface area contributed by atoms with E-state index in [9.17, 15) is 0 Å². The number of hydrogen-bond donors (Lipinski definition) is 1. The number of nitrogens with one attached hydrogen (secondary N) is 1. The third-order valence-corrected chi connectivity index (χ3v) is 2.77. The van der Waals surface area contributed by atoms with E-state index in [0.717, 1.165) is 17.8 Å². The lowest BCUT2D eigenvalue weighted by Gasteiger charge is -2.08. The number of methoxy groups -OCH3 is 1. The van der Waals surface area contributed by atoms with E-state index < -0.39 is 0 Å². The van der Waals surface area contributed by atoms with Crippen LogP contribution >= 0.6 is 11.6 Å². The average Bonchev–Trinajstić information content (AvgIpc) is 2.46. The zero-order valence-corrected chi connectivity index (χ0v) is 12.1. The molecular formula is C14H22ClNO3. The smallest absolute Gasteiger partial charge is 0.0701 e. The summed E-state index contributed by atoms with van der Waals surface area (Å²) in [6.07, 6.45) is 0. The average molecular weight is 288 g/mol. The van der Waals surface area contributed by atoms with Crippen molar-refractivity contribution in [2.45, 2.75) is 5.88 Å². The van der Waals surface area contributed by atoms with Gasteiger partial charge in [0.1, 0.15) is 0 Å². The highest BCUT2D eigenvalue weighted by molar-refractivity contribution is 6.17. The minimum atomic E-state index is 0.533. The third-order valence-electron chi connectivity index (χ3n) is 2.46. The molecule has 5 heteroatoms. The van der Waals surface area contributed by atoms with Crippen LogP contribution < -0.4 is 5.32 Å². The van der Waals surface area contributed by atoms with Gasteiger partial charge in [-0.3, -0.25) is 0 Å². The number of ether oxygens (including phenoxy) is 3. The zero-order valence-electron chi connectivity index (χ0n) is 11.4. The number of rotatable bonds is 11. The standard InChI is InChI=1S/C14H22ClNO3/c1-17-7-8-19-10-9-18-6-5-16-14-4-2-3-13(11-14)12-15/h2-4,11,16H,5-10,12H2,1H3. The minimum absolute atomic E-state index is 0.533. The number of anilines is 1. The molecule has 1 aromatic carbocycles. The predicted molar refractivity (Wildman–Crippen MR) is 78.0 cm³/mol. The van der Waals surface area contributed by atoms with E-state index in [2.05, 4.69) is 5.32 Å². The fourth-order valence-electron chi connectivity index (χ4n) is 1.50. The first-order chi connectivity index (χ1) is 9.36. The van der Waals surface area contributed by atoms with Gasteiger partial charge in [-0.15, -0.1) is 11.6 Å². The molecule has 0 bridgehead atoms. The van der Waals surface area contributed by atoms with E-state index >= 15 is 0 Å². The normalized spacial score (nSPS) is 10.6. The Morgan fingerprint density at radius 3 is 2.53 bits per heavy atom. The molecule has 0 fully saturated rings. The lowest BCUT2D eigenvalue weighted by molar-refractivity contribution is 0.0272. The van der Waals surface area contributed by atoms with Gasteiger partial charge in [-0.25, -0.2) is 0 Å². The maximum Gasteiger partial charge on any atom is 0.0701 e. The lowest BCUT2D eigenvalue weighted by atomic mass is 10.2. The summed E-state index contributed by atoms with van der Waals surface area (Å²) in [5.41, 5.74) is 2.18. The molecule has 4 nitrogen and oxygen atoms in total. The van der Waals surface area contributed by atoms with Gasteiger partial charge in [0, 0.05) is 25.2 Å². The van der Waals surface area contributed by atoms with Crippen LogP contribution in [0, 0.1) is 0 Å². The molecule has 0 aliphatic rings. The summed E-state index contributed by atoms with van der Waals surface area (Å²) in [7, 11) is 1.66. The van der Waals surface area contributed by atoms with E-state index in [1.165, 1.54) is 0 Å². The maximum absolute atomic E-state index is 5.78. The van der Waals surface area contributed by atoms with Crippen LogP contribution in [0.25, 0.3) is 0 Å². The fourth-order valence-corrected chi connectivity index (χ4v) is 1.66. The fraction of sp³-hybridized carbons (Fsp3) is 0.571. The Bertz CT molecular complexity index is 336. The highest BCUT2D eigenvalue weighted by atomic mass is 35.5. The van der Waals surface area contributed by atoms with Gasteiger partial charge in [0.25, 0.3) is 0 Å². The van der Waals surface area contributed by atoms with Gasteiger partial charge >= 0.3 is 0 Å². The summed E-state index contributed by atoms with van der Waals surface area (Å²) >= 11 is 5.78. The van der Waals surface area contributed by atoms with E-state index in [-0.39, 0.29) is 0 Å². The molecule has 108 valence electrons. The molecule has 0 saturated heterocycles. The second-order valence-corrected chi connectivity index (χ2v) is 4.25. The Labute approximate surface area is 120 Å². The van der Waals surface area contributed by atoms with Crippen molar-refractivity contribution in [3.63, 3.8) is 0 Å². The topological polar surface area (TPSA) is 39.7 Å². The predicted octanol–water partition coefficient (Wildman–Crippen LogP) is 2.52. The minimum Gasteiger partial charge on any atom is -0.383 e. The second-order valence-electron chi connectivity index (χ2n) is 3.98. The largest absolute Gasteiger partial charge is 0.383 e. The van der Waals surface area contributed by atoms with Crippen LogP contribution in [-0.2, 0) is 20.1 Å². The monoisotopic (exact) mass is 287 g/mol. The van der Waals surface area contributed by atoms with Crippen molar-refractivity contribution in [2.75, 3.05) is 52.0 Å². The molecular weight excluding hydrogens is 266 g/mol. The van der Waals surface area contributed by atoms with Crippen LogP contribution in [0.15, 0.2) is 24.3 Å². The summed E-state index contributed by atoms with van der Waals surface area (Å²) in [5, 5.41) is 3.29. The second kappa shape index (κ2) is 11.1. The Balaban J connectivity index is 1.98. The molecule has 1 aromatic rings. The van der Waals surface area contributed by atoms with Gasteiger partial charge in [-0.1, -0.05) is 12.1 Å². The summed E-state index contributed by atoms with van der Waals surface area (Å²) in [4.78, 5) is 0. The highest BCUT2D eigenvalue weighted by Crippen LogP contribution is 2.11. The van der Waals surface area contributed by atoms with Crippen LogP contribution in [0.1, 0.15) is 5.56 Å². The maximum atomic E-state index is 5.78. The molecule has 0 spiro atoms. The van der Waals surface area contributed by atoms with E-state index in [0.29, 0.717) is 38.9 Å². The van der Waals surface area contributed by atoms with E-state index in [1.54, 1.807) is 7.11 Å². The first-order valence-electron chi connectivity index (χ1n) is 6.40. The van der Waals surface area contributed by atoms with Crippen LogP contribution in [0.2, 0.25) is 0 Å². The first-order valence-corrected chi connectivity index (χ1v) is 6.93. The molecule has 1 rings (SSSR count). The molecule has 0 amide bonds. The number of hydrogen-bond acceptors (Lipinski definition) is 4. The Morgan fingerprint density at radius 2 is 1.79 bits per heavy atom. The summed E-state index contributed by atoms with van der Waals surface area (Å²) < 4.78 is 15.6. The number of halogens is 1. The van der Waals surface area contributed by atoms with Crippen molar-refractivity contribution >= 4 is 17.3 Å². The number of alkyl halides is 1. The molecule has 0 heterocycles. The summed E-state index contributed by atoms with van der Waals surface area (Å²) in [5.74, 6) is 0.533. The summed E-state index contributed by atoms with van der Waals surface area (Å²) in [6.45, 7) is 3.86. The van der Waals surface area contributed by atoms with Crippen molar-refractivity contribution in [3.8, 4) is 0 Å². The van der Waals surface area contributed by atoms with E-state index in [1.807, 2.05) is 24.3 Å². The third kappa shape index (κ3) is 8.06.